The smallest absolute Gasteiger partial charge is 0.341 e. The lowest BCUT2D eigenvalue weighted by Gasteiger charge is -2.33. The lowest BCUT2D eigenvalue weighted by Crippen LogP contribution is -2.43. The Kier molecular flexibility index (Phi) is 4.36. The van der Waals surface area contributed by atoms with Crippen LogP contribution in [0.2, 0.25) is 0 Å². The number of hydrogen-bond acceptors (Lipinski definition) is 3. The summed E-state index contributed by atoms with van der Waals surface area (Å²) in [5.74, 6) is -0.201. The number of esters is 1. The van der Waals surface area contributed by atoms with Crippen molar-refractivity contribution in [3.63, 3.8) is 0 Å². The van der Waals surface area contributed by atoms with Crippen LogP contribution in [0.25, 0.3) is 0 Å². The Balaban J connectivity index is 2.67. The second-order valence-electron chi connectivity index (χ2n) is 4.98. The van der Waals surface area contributed by atoms with Gasteiger partial charge in [-0.05, 0) is 12.8 Å². The molecule has 0 aromatic rings. The van der Waals surface area contributed by atoms with E-state index in [1.807, 2.05) is 0 Å². The molecule has 3 heteroatoms. The van der Waals surface area contributed by atoms with Crippen molar-refractivity contribution in [2.75, 3.05) is 13.7 Å². The molecule has 0 saturated carbocycles. The van der Waals surface area contributed by atoms with E-state index in [-0.39, 0.29) is 11.4 Å². The number of epoxide rings is 1. The number of hydrogen-bond donors (Lipinski definition) is 0. The highest BCUT2D eigenvalue weighted by atomic mass is 16.6. The molecule has 0 N–H and O–H groups in total. The van der Waals surface area contributed by atoms with Crippen LogP contribution in [0.1, 0.15) is 52.9 Å². The largest absolute Gasteiger partial charge is 0.467 e. The van der Waals surface area contributed by atoms with Crippen LogP contribution < -0.4 is 0 Å². The Bertz CT molecular complexity index is 246. The van der Waals surface area contributed by atoms with Gasteiger partial charge in [0.05, 0.1) is 13.7 Å². The molecule has 0 aromatic carbocycles. The molecule has 0 aromatic heterocycles. The maximum atomic E-state index is 11.8. The van der Waals surface area contributed by atoms with Crippen molar-refractivity contribution in [3.05, 3.63) is 0 Å². The molecule has 2 atom stereocenters. The van der Waals surface area contributed by atoms with Crippen molar-refractivity contribution in [3.8, 4) is 0 Å². The zero-order valence-electron chi connectivity index (χ0n) is 11.0. The van der Waals surface area contributed by atoms with E-state index in [0.29, 0.717) is 6.61 Å². The molecule has 2 unspecified atom stereocenters. The predicted molar refractivity (Wildman–Crippen MR) is 63.2 cm³/mol. The summed E-state index contributed by atoms with van der Waals surface area (Å²) in [5.41, 5.74) is -0.723. The minimum atomic E-state index is -0.649. The Morgan fingerprint density at radius 2 is 2.06 bits per heavy atom. The molecular formula is C13H24O3. The second-order valence-corrected chi connectivity index (χ2v) is 4.98. The van der Waals surface area contributed by atoms with Gasteiger partial charge in [0, 0.05) is 5.41 Å². The second kappa shape index (κ2) is 5.17. The number of carbonyl (C=O) groups is 1. The highest BCUT2D eigenvalue weighted by Crippen LogP contribution is 2.50. The third-order valence-electron chi connectivity index (χ3n) is 4.04. The van der Waals surface area contributed by atoms with Gasteiger partial charge < -0.3 is 9.47 Å². The van der Waals surface area contributed by atoms with Gasteiger partial charge in [0.25, 0.3) is 0 Å². The normalized spacial score (nSPS) is 27.2. The number of carbonyl (C=O) groups excluding carboxylic acids is 1. The Morgan fingerprint density at radius 1 is 1.44 bits per heavy atom. The molecule has 0 radical (unpaired) electrons. The zero-order valence-corrected chi connectivity index (χ0v) is 11.0. The third-order valence-corrected chi connectivity index (χ3v) is 4.04. The number of methoxy groups -OCH3 is 1. The lowest BCUT2D eigenvalue weighted by molar-refractivity contribution is -0.152. The van der Waals surface area contributed by atoms with Gasteiger partial charge in [-0.25, -0.2) is 4.79 Å². The van der Waals surface area contributed by atoms with Crippen molar-refractivity contribution in [1.29, 1.82) is 0 Å². The Hall–Kier alpha value is -0.570. The predicted octanol–water partition coefficient (Wildman–Crippen LogP) is 2.93. The Morgan fingerprint density at radius 3 is 2.44 bits per heavy atom. The summed E-state index contributed by atoms with van der Waals surface area (Å²) in [4.78, 5) is 11.8. The third kappa shape index (κ3) is 2.24. The topological polar surface area (TPSA) is 38.8 Å². The molecule has 1 aliphatic rings. The SMILES string of the molecule is CCCCCC(C)(CC)C1(C(=O)OC)CO1. The number of unbranched alkanes of at least 4 members (excludes halogenated alkanes) is 2. The highest BCUT2D eigenvalue weighted by Gasteiger charge is 2.64. The van der Waals surface area contributed by atoms with Gasteiger partial charge >= 0.3 is 5.97 Å². The fourth-order valence-electron chi connectivity index (χ4n) is 2.38. The summed E-state index contributed by atoms with van der Waals surface area (Å²) in [6, 6.07) is 0. The molecule has 0 aliphatic carbocycles. The summed E-state index contributed by atoms with van der Waals surface area (Å²) < 4.78 is 10.3. The maximum Gasteiger partial charge on any atom is 0.341 e. The molecule has 1 rings (SSSR count). The van der Waals surface area contributed by atoms with E-state index in [9.17, 15) is 4.79 Å². The molecule has 0 amide bonds. The van der Waals surface area contributed by atoms with Gasteiger partial charge in [-0.2, -0.15) is 0 Å². The van der Waals surface area contributed by atoms with Crippen LogP contribution >= 0.6 is 0 Å². The highest BCUT2D eigenvalue weighted by molar-refractivity contribution is 5.83. The average Bonchev–Trinajstić information content (AvgIpc) is 3.09. The standard InChI is InChI=1S/C13H24O3/c1-5-7-8-9-12(3,6-2)13(10-16-13)11(14)15-4/h5-10H2,1-4H3. The molecule has 94 valence electrons. The molecule has 16 heavy (non-hydrogen) atoms. The van der Waals surface area contributed by atoms with E-state index < -0.39 is 5.60 Å². The average molecular weight is 228 g/mol. The lowest BCUT2D eigenvalue weighted by atomic mass is 9.71. The first-order valence-corrected chi connectivity index (χ1v) is 6.28. The summed E-state index contributed by atoms with van der Waals surface area (Å²) in [7, 11) is 1.44. The molecule has 0 spiro atoms. The van der Waals surface area contributed by atoms with Gasteiger partial charge in [0.1, 0.15) is 0 Å². The summed E-state index contributed by atoms with van der Waals surface area (Å²) >= 11 is 0. The molecule has 1 aliphatic heterocycles. The van der Waals surface area contributed by atoms with Crippen LogP contribution in [0.15, 0.2) is 0 Å². The zero-order chi connectivity index (χ0) is 12.2. The van der Waals surface area contributed by atoms with Gasteiger partial charge in [0.2, 0.25) is 0 Å². The molecule has 1 saturated heterocycles. The van der Waals surface area contributed by atoms with Crippen LogP contribution in [0.5, 0.6) is 0 Å². The Labute approximate surface area is 98.5 Å². The fraction of sp³-hybridized carbons (Fsp3) is 0.923. The first-order chi connectivity index (χ1) is 7.56. The van der Waals surface area contributed by atoms with E-state index >= 15 is 0 Å². The molecule has 3 nitrogen and oxygen atoms in total. The van der Waals surface area contributed by atoms with E-state index in [4.69, 9.17) is 9.47 Å². The molecule has 1 fully saturated rings. The minimum absolute atomic E-state index is 0.0741. The first-order valence-electron chi connectivity index (χ1n) is 6.28. The number of ether oxygens (including phenoxy) is 2. The van der Waals surface area contributed by atoms with E-state index in [2.05, 4.69) is 20.8 Å². The van der Waals surface area contributed by atoms with Crippen LogP contribution in [-0.4, -0.2) is 25.3 Å². The van der Waals surface area contributed by atoms with Gasteiger partial charge in [-0.3, -0.25) is 0 Å². The van der Waals surface area contributed by atoms with Crippen LogP contribution in [0.3, 0.4) is 0 Å². The maximum absolute atomic E-state index is 11.8. The summed E-state index contributed by atoms with van der Waals surface area (Å²) in [5, 5.41) is 0. The quantitative estimate of drug-likeness (QED) is 0.382. The van der Waals surface area contributed by atoms with Crippen LogP contribution in [0, 0.1) is 5.41 Å². The first kappa shape index (κ1) is 13.5. The van der Waals surface area contributed by atoms with Crippen LogP contribution in [0.4, 0.5) is 0 Å². The van der Waals surface area contributed by atoms with Crippen molar-refractivity contribution in [2.45, 2.75) is 58.5 Å². The number of rotatable bonds is 7. The van der Waals surface area contributed by atoms with Crippen LogP contribution in [-0.2, 0) is 14.3 Å². The van der Waals surface area contributed by atoms with Crippen molar-refractivity contribution < 1.29 is 14.3 Å². The van der Waals surface area contributed by atoms with E-state index in [1.54, 1.807) is 0 Å². The van der Waals surface area contributed by atoms with Gasteiger partial charge in [0.15, 0.2) is 5.60 Å². The molecule has 0 bridgehead atoms. The monoisotopic (exact) mass is 228 g/mol. The summed E-state index contributed by atoms with van der Waals surface area (Å²) in [6.45, 7) is 6.98. The van der Waals surface area contributed by atoms with Crippen molar-refractivity contribution in [1.82, 2.24) is 0 Å². The van der Waals surface area contributed by atoms with Crippen molar-refractivity contribution in [2.24, 2.45) is 5.41 Å². The van der Waals surface area contributed by atoms with E-state index in [0.717, 1.165) is 19.3 Å². The molecule has 1 heterocycles. The molecular weight excluding hydrogens is 204 g/mol. The summed E-state index contributed by atoms with van der Waals surface area (Å²) in [6.07, 6.45) is 5.56. The van der Waals surface area contributed by atoms with E-state index in [1.165, 1.54) is 20.0 Å². The van der Waals surface area contributed by atoms with Gasteiger partial charge in [-0.15, -0.1) is 0 Å². The van der Waals surface area contributed by atoms with Crippen molar-refractivity contribution >= 4 is 5.97 Å². The fourth-order valence-corrected chi connectivity index (χ4v) is 2.38. The minimum Gasteiger partial charge on any atom is -0.467 e. The van der Waals surface area contributed by atoms with Gasteiger partial charge in [-0.1, -0.05) is 40.0 Å².